The topological polar surface area (TPSA) is 85.2 Å². The molecule has 1 aromatic rings. The Kier molecular flexibility index (Phi) is 6.12. The molecule has 114 valence electrons. The van der Waals surface area contributed by atoms with Gasteiger partial charge in [-0.3, -0.25) is 0 Å². The zero-order chi connectivity index (χ0) is 15.9. The number of benzene rings is 1. The van der Waals surface area contributed by atoms with Crippen molar-refractivity contribution in [2.45, 2.75) is 38.8 Å². The van der Waals surface area contributed by atoms with Crippen molar-refractivity contribution in [3.8, 4) is 6.07 Å². The molecule has 0 heterocycles. The van der Waals surface area contributed by atoms with Gasteiger partial charge in [0, 0.05) is 24.3 Å². The molecule has 0 saturated heterocycles. The lowest BCUT2D eigenvalue weighted by atomic mass is 9.95. The number of carbonyl (C=O) groups excluding carboxylic acids is 1. The van der Waals surface area contributed by atoms with Gasteiger partial charge in [-0.1, -0.05) is 6.92 Å². The van der Waals surface area contributed by atoms with Crippen LogP contribution < -0.4 is 10.6 Å². The van der Waals surface area contributed by atoms with Crippen molar-refractivity contribution in [3.63, 3.8) is 0 Å². The van der Waals surface area contributed by atoms with Gasteiger partial charge >= 0.3 is 6.03 Å². The number of aliphatic hydroxyl groups excluding tert-OH is 1. The van der Waals surface area contributed by atoms with Crippen LogP contribution in [0.5, 0.6) is 0 Å². The number of nitrogens with one attached hydrogen (secondary N) is 2. The number of rotatable bonds is 6. The van der Waals surface area contributed by atoms with E-state index in [9.17, 15) is 9.18 Å². The summed E-state index contributed by atoms with van der Waals surface area (Å²) >= 11 is 0. The molecule has 21 heavy (non-hydrogen) atoms. The predicted molar refractivity (Wildman–Crippen MR) is 76.9 cm³/mol. The average molecular weight is 293 g/mol. The summed E-state index contributed by atoms with van der Waals surface area (Å²) in [7, 11) is 0. The first kappa shape index (κ1) is 16.9. The summed E-state index contributed by atoms with van der Waals surface area (Å²) in [4.78, 5) is 11.8. The number of hydrogen-bond donors (Lipinski definition) is 3. The summed E-state index contributed by atoms with van der Waals surface area (Å²) < 4.78 is 13.6. The molecule has 0 spiro atoms. The predicted octanol–water partition coefficient (Wildman–Crippen LogP) is 2.05. The van der Waals surface area contributed by atoms with Gasteiger partial charge in [-0.05, 0) is 38.0 Å². The lowest BCUT2D eigenvalue weighted by molar-refractivity contribution is 0.200. The number of nitriles is 1. The lowest BCUT2D eigenvalue weighted by Gasteiger charge is -2.29. The molecule has 0 saturated carbocycles. The van der Waals surface area contributed by atoms with E-state index in [-0.39, 0.29) is 18.7 Å². The number of amides is 2. The largest absolute Gasteiger partial charge is 0.396 e. The fraction of sp³-hybridized carbons (Fsp3) is 0.467. The molecule has 6 heteroatoms. The van der Waals surface area contributed by atoms with Crippen LogP contribution in [-0.4, -0.2) is 23.3 Å². The zero-order valence-electron chi connectivity index (χ0n) is 12.2. The minimum atomic E-state index is -0.508. The number of aliphatic hydroxyl groups is 1. The molecular weight excluding hydrogens is 273 g/mol. The summed E-state index contributed by atoms with van der Waals surface area (Å²) in [5.41, 5.74) is 0.0862. The monoisotopic (exact) mass is 293 g/mol. The summed E-state index contributed by atoms with van der Waals surface area (Å²) in [6.07, 6.45) is 1.11. The number of halogens is 1. The molecular formula is C15H20FN3O2. The Morgan fingerprint density at radius 1 is 1.52 bits per heavy atom. The second-order valence-electron chi connectivity index (χ2n) is 5.11. The van der Waals surface area contributed by atoms with Crippen molar-refractivity contribution < 1.29 is 14.3 Å². The molecule has 0 aliphatic rings. The molecule has 2 amide bonds. The maximum atomic E-state index is 13.6. The third-order valence-corrected chi connectivity index (χ3v) is 3.47. The fourth-order valence-corrected chi connectivity index (χ4v) is 1.85. The van der Waals surface area contributed by atoms with Gasteiger partial charge in [0.25, 0.3) is 0 Å². The molecule has 0 bridgehead atoms. The van der Waals surface area contributed by atoms with Crippen LogP contribution in [0, 0.1) is 17.1 Å². The number of nitrogens with zero attached hydrogens (tertiary/aromatic N) is 1. The Balaban J connectivity index is 2.63. The van der Waals surface area contributed by atoms with E-state index in [1.165, 1.54) is 18.2 Å². The van der Waals surface area contributed by atoms with Gasteiger partial charge in [0.2, 0.25) is 0 Å². The number of urea groups is 1. The van der Waals surface area contributed by atoms with Crippen molar-refractivity contribution in [2.24, 2.45) is 0 Å². The lowest BCUT2D eigenvalue weighted by Crippen LogP contribution is -2.50. The van der Waals surface area contributed by atoms with E-state index in [0.29, 0.717) is 18.4 Å². The van der Waals surface area contributed by atoms with Gasteiger partial charge in [0.1, 0.15) is 5.82 Å². The Hall–Kier alpha value is -2.13. The van der Waals surface area contributed by atoms with Gasteiger partial charge < -0.3 is 15.7 Å². The van der Waals surface area contributed by atoms with E-state index in [4.69, 9.17) is 10.4 Å². The van der Waals surface area contributed by atoms with E-state index in [2.05, 4.69) is 10.6 Å². The van der Waals surface area contributed by atoms with Crippen LogP contribution >= 0.6 is 0 Å². The summed E-state index contributed by atoms with van der Waals surface area (Å²) in [5.74, 6) is -0.470. The molecule has 1 unspecified atom stereocenters. The van der Waals surface area contributed by atoms with E-state index >= 15 is 0 Å². The second kappa shape index (κ2) is 7.60. The average Bonchev–Trinajstić information content (AvgIpc) is 2.46. The van der Waals surface area contributed by atoms with E-state index in [1.54, 1.807) is 0 Å². The highest BCUT2D eigenvalue weighted by Gasteiger charge is 2.23. The van der Waals surface area contributed by atoms with E-state index in [1.807, 2.05) is 19.9 Å². The molecule has 1 atom stereocenters. The highest BCUT2D eigenvalue weighted by Crippen LogP contribution is 2.14. The first-order valence-corrected chi connectivity index (χ1v) is 6.79. The van der Waals surface area contributed by atoms with Gasteiger partial charge in [-0.2, -0.15) is 5.26 Å². The van der Waals surface area contributed by atoms with Crippen LogP contribution in [0.2, 0.25) is 0 Å². The smallest absolute Gasteiger partial charge is 0.315 e. The van der Waals surface area contributed by atoms with Crippen LogP contribution in [0.25, 0.3) is 0 Å². The Labute approximate surface area is 123 Å². The Bertz CT molecular complexity index is 542. The third-order valence-electron chi connectivity index (χ3n) is 3.47. The van der Waals surface area contributed by atoms with Crippen LogP contribution in [0.1, 0.15) is 37.8 Å². The van der Waals surface area contributed by atoms with Crippen LogP contribution in [0.15, 0.2) is 18.2 Å². The zero-order valence-corrected chi connectivity index (χ0v) is 12.2. The minimum Gasteiger partial charge on any atom is -0.396 e. The SMILES string of the molecule is CCC(C)(CCO)NC(=O)NCc1cc(C#N)ccc1F. The maximum absolute atomic E-state index is 13.6. The van der Waals surface area contributed by atoms with Crippen molar-refractivity contribution in [2.75, 3.05) is 6.61 Å². The molecule has 1 rings (SSSR count). The van der Waals surface area contributed by atoms with Gasteiger partial charge in [-0.15, -0.1) is 0 Å². The van der Waals surface area contributed by atoms with Crippen molar-refractivity contribution >= 4 is 6.03 Å². The second-order valence-corrected chi connectivity index (χ2v) is 5.11. The van der Waals surface area contributed by atoms with E-state index in [0.717, 1.165) is 0 Å². The van der Waals surface area contributed by atoms with Crippen molar-refractivity contribution in [1.29, 1.82) is 5.26 Å². The van der Waals surface area contributed by atoms with Gasteiger partial charge in [0.15, 0.2) is 0 Å². The molecule has 0 radical (unpaired) electrons. The molecule has 3 N–H and O–H groups in total. The molecule has 1 aromatic carbocycles. The fourth-order valence-electron chi connectivity index (χ4n) is 1.85. The standard InChI is InChI=1S/C15H20FN3O2/c1-3-15(2,6-7-20)19-14(21)18-10-12-8-11(9-17)4-5-13(12)16/h4-5,8,20H,3,6-7,10H2,1-2H3,(H2,18,19,21). The van der Waals surface area contributed by atoms with Crippen LogP contribution in [-0.2, 0) is 6.54 Å². The van der Waals surface area contributed by atoms with Crippen LogP contribution in [0.3, 0.4) is 0 Å². The van der Waals surface area contributed by atoms with Crippen LogP contribution in [0.4, 0.5) is 9.18 Å². The third kappa shape index (κ3) is 5.04. The Morgan fingerprint density at radius 3 is 2.81 bits per heavy atom. The maximum Gasteiger partial charge on any atom is 0.315 e. The first-order valence-electron chi connectivity index (χ1n) is 6.79. The molecule has 0 aromatic heterocycles. The molecule has 0 fully saturated rings. The van der Waals surface area contributed by atoms with Crippen molar-refractivity contribution in [1.82, 2.24) is 10.6 Å². The van der Waals surface area contributed by atoms with E-state index < -0.39 is 17.4 Å². The highest BCUT2D eigenvalue weighted by atomic mass is 19.1. The quantitative estimate of drug-likeness (QED) is 0.750. The van der Waals surface area contributed by atoms with Crippen molar-refractivity contribution in [3.05, 3.63) is 35.1 Å². The summed E-state index contributed by atoms with van der Waals surface area (Å²) in [6, 6.07) is 5.48. The summed E-state index contributed by atoms with van der Waals surface area (Å²) in [5, 5.41) is 23.1. The molecule has 0 aliphatic heterocycles. The Morgan fingerprint density at radius 2 is 2.24 bits per heavy atom. The minimum absolute atomic E-state index is 0.00783. The summed E-state index contributed by atoms with van der Waals surface area (Å²) in [6.45, 7) is 3.71. The number of carbonyl (C=O) groups is 1. The highest BCUT2D eigenvalue weighted by molar-refractivity contribution is 5.74. The normalized spacial score (nSPS) is 13.1. The first-order chi connectivity index (χ1) is 9.94. The molecule has 5 nitrogen and oxygen atoms in total. The molecule has 0 aliphatic carbocycles. The van der Waals surface area contributed by atoms with Gasteiger partial charge in [-0.25, -0.2) is 9.18 Å². The van der Waals surface area contributed by atoms with Gasteiger partial charge in [0.05, 0.1) is 11.6 Å². The number of hydrogen-bond acceptors (Lipinski definition) is 3.